The van der Waals surface area contributed by atoms with Gasteiger partial charge in [0.15, 0.2) is 0 Å². The molecule has 2 N–H and O–H groups in total. The Morgan fingerprint density at radius 3 is 2.67 bits per heavy atom. The minimum Gasteiger partial charge on any atom is -0.389 e. The quantitative estimate of drug-likeness (QED) is 0.665. The number of aliphatic hydroxyl groups excluding tert-OH is 1. The van der Waals surface area contributed by atoms with Gasteiger partial charge in [-0.2, -0.15) is 0 Å². The van der Waals surface area contributed by atoms with Gasteiger partial charge in [0.25, 0.3) is 0 Å². The maximum absolute atomic E-state index is 9.87. The van der Waals surface area contributed by atoms with Gasteiger partial charge in [-0.25, -0.2) is 0 Å². The van der Waals surface area contributed by atoms with Crippen molar-refractivity contribution in [3.8, 4) is 0 Å². The molecule has 2 aliphatic carbocycles. The highest BCUT2D eigenvalue weighted by atomic mass is 16.5. The Morgan fingerprint density at radius 1 is 1.33 bits per heavy atom. The lowest BCUT2D eigenvalue weighted by Crippen LogP contribution is -2.34. The van der Waals surface area contributed by atoms with Crippen LogP contribution in [0.5, 0.6) is 0 Å². The van der Waals surface area contributed by atoms with Crippen LogP contribution in [0.3, 0.4) is 0 Å². The van der Waals surface area contributed by atoms with E-state index >= 15 is 0 Å². The molecule has 3 nitrogen and oxygen atoms in total. The van der Waals surface area contributed by atoms with Gasteiger partial charge in [-0.05, 0) is 37.5 Å². The highest BCUT2D eigenvalue weighted by Gasteiger charge is 2.40. The minimum atomic E-state index is -0.344. The highest BCUT2D eigenvalue weighted by molar-refractivity contribution is 4.94. The highest BCUT2D eigenvalue weighted by Crippen LogP contribution is 2.48. The van der Waals surface area contributed by atoms with E-state index in [-0.39, 0.29) is 6.10 Å². The summed E-state index contributed by atoms with van der Waals surface area (Å²) < 4.78 is 5.72. The first-order valence-electron chi connectivity index (χ1n) is 7.74. The Balaban J connectivity index is 1.50. The number of rotatable bonds is 9. The predicted octanol–water partition coefficient (Wildman–Crippen LogP) is 2.48. The summed E-state index contributed by atoms with van der Waals surface area (Å²) in [5, 5.41) is 13.3. The average molecular weight is 255 g/mol. The number of nitrogens with one attached hydrogen (secondary N) is 1. The molecule has 0 saturated heterocycles. The van der Waals surface area contributed by atoms with Crippen LogP contribution in [0.4, 0.5) is 0 Å². The molecular weight excluding hydrogens is 226 g/mol. The molecular formula is C15H29NO2. The van der Waals surface area contributed by atoms with Crippen molar-refractivity contribution in [1.29, 1.82) is 0 Å². The van der Waals surface area contributed by atoms with E-state index < -0.39 is 0 Å². The summed E-state index contributed by atoms with van der Waals surface area (Å²) in [5.41, 5.74) is 0.570. The van der Waals surface area contributed by atoms with E-state index in [2.05, 4.69) is 12.2 Å². The number of hydrogen-bond acceptors (Lipinski definition) is 3. The molecule has 0 heterocycles. The third-order valence-electron chi connectivity index (χ3n) is 4.44. The van der Waals surface area contributed by atoms with Gasteiger partial charge in [-0.15, -0.1) is 0 Å². The van der Waals surface area contributed by atoms with Gasteiger partial charge in [0, 0.05) is 13.1 Å². The monoisotopic (exact) mass is 255 g/mol. The largest absolute Gasteiger partial charge is 0.389 e. The van der Waals surface area contributed by atoms with E-state index in [0.29, 0.717) is 24.7 Å². The molecule has 0 amide bonds. The van der Waals surface area contributed by atoms with Crippen LogP contribution in [0.15, 0.2) is 0 Å². The number of hydrogen-bond donors (Lipinski definition) is 2. The summed E-state index contributed by atoms with van der Waals surface area (Å²) in [6.07, 6.45) is 10.3. The van der Waals surface area contributed by atoms with Crippen molar-refractivity contribution in [3.05, 3.63) is 0 Å². The predicted molar refractivity (Wildman–Crippen MR) is 73.7 cm³/mol. The molecule has 2 saturated carbocycles. The van der Waals surface area contributed by atoms with Gasteiger partial charge in [0.05, 0.1) is 18.8 Å². The van der Waals surface area contributed by atoms with Gasteiger partial charge < -0.3 is 15.2 Å². The Hall–Kier alpha value is -0.120. The molecule has 2 rings (SSSR count). The third kappa shape index (κ3) is 4.52. The van der Waals surface area contributed by atoms with Crippen molar-refractivity contribution in [3.63, 3.8) is 0 Å². The van der Waals surface area contributed by atoms with Gasteiger partial charge in [0.2, 0.25) is 0 Å². The maximum Gasteiger partial charge on any atom is 0.0897 e. The van der Waals surface area contributed by atoms with Crippen LogP contribution < -0.4 is 5.32 Å². The van der Waals surface area contributed by atoms with E-state index in [9.17, 15) is 5.11 Å². The van der Waals surface area contributed by atoms with Gasteiger partial charge in [-0.1, -0.05) is 26.2 Å². The van der Waals surface area contributed by atoms with Crippen molar-refractivity contribution in [2.75, 3.05) is 19.7 Å². The van der Waals surface area contributed by atoms with Crippen LogP contribution in [0.2, 0.25) is 0 Å². The normalized spacial score (nSPS) is 24.3. The second-order valence-corrected chi connectivity index (χ2v) is 6.27. The fourth-order valence-corrected chi connectivity index (χ4v) is 3.09. The molecule has 0 aromatic rings. The first-order valence-corrected chi connectivity index (χ1v) is 7.74. The standard InChI is InChI=1S/C15H29NO2/c1-2-7-15(8-9-15)12-16-10-13(17)11-18-14-5-3-4-6-14/h13-14,16-17H,2-12H2,1H3. The van der Waals surface area contributed by atoms with E-state index in [1.165, 1.54) is 51.4 Å². The van der Waals surface area contributed by atoms with Crippen molar-refractivity contribution >= 4 is 0 Å². The van der Waals surface area contributed by atoms with E-state index in [0.717, 1.165) is 6.54 Å². The summed E-state index contributed by atoms with van der Waals surface area (Å²) in [6, 6.07) is 0. The lowest BCUT2D eigenvalue weighted by molar-refractivity contribution is -0.00573. The second-order valence-electron chi connectivity index (χ2n) is 6.27. The lowest BCUT2D eigenvalue weighted by atomic mass is 10.0. The fraction of sp³-hybridized carbons (Fsp3) is 1.00. The zero-order valence-electron chi connectivity index (χ0n) is 11.8. The van der Waals surface area contributed by atoms with Gasteiger partial charge in [0.1, 0.15) is 0 Å². The first-order chi connectivity index (χ1) is 8.74. The lowest BCUT2D eigenvalue weighted by Gasteiger charge is -2.18. The Bertz CT molecular complexity index is 235. The van der Waals surface area contributed by atoms with Crippen LogP contribution >= 0.6 is 0 Å². The fourth-order valence-electron chi connectivity index (χ4n) is 3.09. The van der Waals surface area contributed by atoms with Crippen molar-refractivity contribution in [2.24, 2.45) is 5.41 Å². The molecule has 2 fully saturated rings. The summed E-state index contributed by atoms with van der Waals surface area (Å²) in [7, 11) is 0. The molecule has 1 unspecified atom stereocenters. The summed E-state index contributed by atoms with van der Waals surface area (Å²) >= 11 is 0. The van der Waals surface area contributed by atoms with Gasteiger partial charge >= 0.3 is 0 Å². The number of ether oxygens (including phenoxy) is 1. The zero-order valence-corrected chi connectivity index (χ0v) is 11.8. The average Bonchev–Trinajstić information content (AvgIpc) is 2.93. The molecule has 0 bridgehead atoms. The van der Waals surface area contributed by atoms with Crippen LogP contribution in [-0.4, -0.2) is 37.0 Å². The summed E-state index contributed by atoms with van der Waals surface area (Å²) in [5.74, 6) is 0. The van der Waals surface area contributed by atoms with Crippen LogP contribution in [0.1, 0.15) is 58.3 Å². The molecule has 0 aliphatic heterocycles. The Kier molecular flexibility index (Phi) is 5.46. The molecule has 0 spiro atoms. The maximum atomic E-state index is 9.87. The molecule has 18 heavy (non-hydrogen) atoms. The molecule has 3 heteroatoms. The Labute approximate surface area is 111 Å². The molecule has 1 atom stereocenters. The third-order valence-corrected chi connectivity index (χ3v) is 4.44. The molecule has 0 radical (unpaired) electrons. The van der Waals surface area contributed by atoms with Gasteiger partial charge in [-0.3, -0.25) is 0 Å². The van der Waals surface area contributed by atoms with Crippen LogP contribution in [0, 0.1) is 5.41 Å². The summed E-state index contributed by atoms with van der Waals surface area (Å²) in [6.45, 7) is 4.50. The van der Waals surface area contributed by atoms with E-state index in [4.69, 9.17) is 4.74 Å². The van der Waals surface area contributed by atoms with Crippen molar-refractivity contribution in [2.45, 2.75) is 70.5 Å². The van der Waals surface area contributed by atoms with E-state index in [1.54, 1.807) is 0 Å². The van der Waals surface area contributed by atoms with Crippen LogP contribution in [0.25, 0.3) is 0 Å². The first kappa shape index (κ1) is 14.3. The minimum absolute atomic E-state index is 0.344. The topological polar surface area (TPSA) is 41.5 Å². The summed E-state index contributed by atoms with van der Waals surface area (Å²) in [4.78, 5) is 0. The molecule has 0 aromatic carbocycles. The molecule has 106 valence electrons. The SMILES string of the molecule is CCCC1(CNCC(O)COC2CCCC2)CC1. The Morgan fingerprint density at radius 2 is 2.06 bits per heavy atom. The molecule has 2 aliphatic rings. The zero-order chi connectivity index (χ0) is 12.8. The van der Waals surface area contributed by atoms with Crippen LogP contribution in [-0.2, 0) is 4.74 Å². The number of aliphatic hydroxyl groups is 1. The van der Waals surface area contributed by atoms with Crippen molar-refractivity contribution in [1.82, 2.24) is 5.32 Å². The smallest absolute Gasteiger partial charge is 0.0897 e. The van der Waals surface area contributed by atoms with E-state index in [1.807, 2.05) is 0 Å². The second kappa shape index (κ2) is 6.88. The molecule has 0 aromatic heterocycles. The van der Waals surface area contributed by atoms with Crippen molar-refractivity contribution < 1.29 is 9.84 Å².